The average Bonchev–Trinajstić information content (AvgIpc) is 2.46. The maximum Gasteiger partial charge on any atom is 0.0273 e. The van der Waals surface area contributed by atoms with Gasteiger partial charge in [0.1, 0.15) is 0 Å². The second-order valence-corrected chi connectivity index (χ2v) is 4.19. The molecule has 1 heteroatoms. The summed E-state index contributed by atoms with van der Waals surface area (Å²) in [7, 11) is 0. The molecule has 0 saturated carbocycles. The molecule has 0 amide bonds. The lowest BCUT2D eigenvalue weighted by atomic mass is 10.0. The molecule has 18 heavy (non-hydrogen) atoms. The van der Waals surface area contributed by atoms with E-state index in [-0.39, 0.29) is 0 Å². The van der Waals surface area contributed by atoms with Crippen molar-refractivity contribution in [2.24, 2.45) is 0 Å². The lowest BCUT2D eigenvalue weighted by molar-refractivity contribution is 1.33. The van der Waals surface area contributed by atoms with Crippen molar-refractivity contribution in [3.63, 3.8) is 0 Å². The van der Waals surface area contributed by atoms with Crippen LogP contribution in [0.25, 0.3) is 16.7 Å². The van der Waals surface area contributed by atoms with Crippen LogP contribution in [0, 0.1) is 0 Å². The van der Waals surface area contributed by atoms with Gasteiger partial charge in [-0.25, -0.2) is 0 Å². The van der Waals surface area contributed by atoms with Crippen molar-refractivity contribution in [2.75, 3.05) is 0 Å². The Labute approximate surface area is 109 Å². The zero-order valence-corrected chi connectivity index (χ0v) is 10.8. The summed E-state index contributed by atoms with van der Waals surface area (Å²) in [4.78, 5) is 4.05. The molecule has 0 saturated heterocycles. The smallest absolute Gasteiger partial charge is 0.0273 e. The minimum absolute atomic E-state index is 1.20. The van der Waals surface area contributed by atoms with Crippen LogP contribution in [0.4, 0.5) is 0 Å². The number of aromatic nitrogens is 1. The Morgan fingerprint density at radius 2 is 1.83 bits per heavy atom. The van der Waals surface area contributed by atoms with E-state index in [1.54, 1.807) is 0 Å². The first-order chi connectivity index (χ1) is 8.81. The molecule has 0 radical (unpaired) electrons. The number of nitrogens with zero attached hydrogens (tertiary/aromatic N) is 1. The van der Waals surface area contributed by atoms with Gasteiger partial charge in [-0.15, -0.1) is 0 Å². The first-order valence-corrected chi connectivity index (χ1v) is 6.11. The normalized spacial score (nSPS) is 12.0. The van der Waals surface area contributed by atoms with Gasteiger partial charge in [0.25, 0.3) is 0 Å². The summed E-state index contributed by atoms with van der Waals surface area (Å²) >= 11 is 0. The Kier molecular flexibility index (Phi) is 4.08. The number of allylic oxidation sites excluding steroid dienone is 4. The fourth-order valence-corrected chi connectivity index (χ4v) is 1.83. The van der Waals surface area contributed by atoms with Gasteiger partial charge >= 0.3 is 0 Å². The standard InChI is InChI=1S/C17H17N/c1-3-4-6-14(2)16-7-5-8-17(13-16)15-9-11-18-12-10-15/h3-13H,1-2H3/b4-3-,14-6+. The third-order valence-electron chi connectivity index (χ3n) is 2.87. The fourth-order valence-electron chi connectivity index (χ4n) is 1.83. The maximum absolute atomic E-state index is 4.05. The fraction of sp³-hybridized carbons (Fsp3) is 0.118. The van der Waals surface area contributed by atoms with Crippen molar-refractivity contribution < 1.29 is 0 Å². The van der Waals surface area contributed by atoms with Crippen LogP contribution in [0.2, 0.25) is 0 Å². The molecule has 0 aliphatic rings. The van der Waals surface area contributed by atoms with Crippen LogP contribution in [0.15, 0.2) is 67.0 Å². The van der Waals surface area contributed by atoms with Crippen LogP contribution < -0.4 is 0 Å². The molecule has 90 valence electrons. The lowest BCUT2D eigenvalue weighted by Gasteiger charge is -2.05. The quantitative estimate of drug-likeness (QED) is 0.701. The largest absolute Gasteiger partial charge is 0.265 e. The third-order valence-corrected chi connectivity index (χ3v) is 2.87. The average molecular weight is 235 g/mol. The Morgan fingerprint density at radius 3 is 2.56 bits per heavy atom. The van der Waals surface area contributed by atoms with E-state index in [4.69, 9.17) is 0 Å². The number of hydrogen-bond acceptors (Lipinski definition) is 1. The molecule has 0 atom stereocenters. The van der Waals surface area contributed by atoms with E-state index in [1.807, 2.05) is 37.5 Å². The minimum atomic E-state index is 1.20. The van der Waals surface area contributed by atoms with Crippen LogP contribution in [-0.4, -0.2) is 4.98 Å². The Balaban J connectivity index is 2.37. The summed E-state index contributed by atoms with van der Waals surface area (Å²) in [5, 5.41) is 0. The lowest BCUT2D eigenvalue weighted by Crippen LogP contribution is -1.83. The van der Waals surface area contributed by atoms with Crippen molar-refractivity contribution in [3.05, 3.63) is 72.6 Å². The van der Waals surface area contributed by atoms with Gasteiger partial charge in [0.15, 0.2) is 0 Å². The second-order valence-electron chi connectivity index (χ2n) is 4.19. The molecule has 1 aromatic carbocycles. The summed E-state index contributed by atoms with van der Waals surface area (Å²) in [6, 6.07) is 12.6. The summed E-state index contributed by atoms with van der Waals surface area (Å²) in [6.45, 7) is 4.16. The van der Waals surface area contributed by atoms with Crippen LogP contribution in [0.3, 0.4) is 0 Å². The van der Waals surface area contributed by atoms with Crippen molar-refractivity contribution in [1.29, 1.82) is 0 Å². The predicted octanol–water partition coefficient (Wildman–Crippen LogP) is 4.73. The first kappa shape index (κ1) is 12.3. The van der Waals surface area contributed by atoms with Gasteiger partial charge in [0.05, 0.1) is 0 Å². The number of pyridine rings is 1. The number of hydrogen-bond donors (Lipinski definition) is 0. The summed E-state index contributed by atoms with van der Waals surface area (Å²) < 4.78 is 0. The molecule has 0 aliphatic carbocycles. The van der Waals surface area contributed by atoms with Gasteiger partial charge in [-0.1, -0.05) is 36.4 Å². The Morgan fingerprint density at radius 1 is 1.06 bits per heavy atom. The highest BCUT2D eigenvalue weighted by molar-refractivity contribution is 5.72. The summed E-state index contributed by atoms with van der Waals surface area (Å²) in [5.41, 5.74) is 4.94. The topological polar surface area (TPSA) is 12.9 Å². The zero-order valence-electron chi connectivity index (χ0n) is 10.8. The summed E-state index contributed by atoms with van der Waals surface area (Å²) in [5.74, 6) is 0. The molecule has 0 aliphatic heterocycles. The zero-order chi connectivity index (χ0) is 12.8. The molecular weight excluding hydrogens is 218 g/mol. The van der Waals surface area contributed by atoms with E-state index < -0.39 is 0 Å². The van der Waals surface area contributed by atoms with E-state index >= 15 is 0 Å². The number of rotatable bonds is 3. The van der Waals surface area contributed by atoms with Gasteiger partial charge < -0.3 is 0 Å². The molecule has 1 aromatic heterocycles. The molecule has 2 aromatic rings. The van der Waals surface area contributed by atoms with Crippen molar-refractivity contribution in [2.45, 2.75) is 13.8 Å². The van der Waals surface area contributed by atoms with E-state index in [9.17, 15) is 0 Å². The van der Waals surface area contributed by atoms with Crippen LogP contribution in [-0.2, 0) is 0 Å². The van der Waals surface area contributed by atoms with E-state index in [1.165, 1.54) is 22.3 Å². The van der Waals surface area contributed by atoms with Crippen LogP contribution in [0.5, 0.6) is 0 Å². The van der Waals surface area contributed by atoms with Crippen molar-refractivity contribution >= 4 is 5.57 Å². The van der Waals surface area contributed by atoms with Gasteiger partial charge in [-0.2, -0.15) is 0 Å². The SMILES string of the molecule is C/C=C\C=C(/C)c1cccc(-c2ccncc2)c1. The van der Waals surface area contributed by atoms with E-state index in [2.05, 4.69) is 48.3 Å². The summed E-state index contributed by atoms with van der Waals surface area (Å²) in [6.07, 6.45) is 9.88. The van der Waals surface area contributed by atoms with E-state index in [0.29, 0.717) is 0 Å². The molecule has 0 spiro atoms. The Bertz CT molecular complexity index is 565. The van der Waals surface area contributed by atoms with Gasteiger partial charge in [0.2, 0.25) is 0 Å². The molecule has 1 heterocycles. The predicted molar refractivity (Wildman–Crippen MR) is 78.1 cm³/mol. The second kappa shape index (κ2) is 5.97. The molecule has 1 nitrogen and oxygen atoms in total. The molecule has 0 fully saturated rings. The van der Waals surface area contributed by atoms with Crippen LogP contribution in [0.1, 0.15) is 19.4 Å². The molecule has 0 N–H and O–H groups in total. The molecule has 0 unspecified atom stereocenters. The maximum atomic E-state index is 4.05. The van der Waals surface area contributed by atoms with Crippen LogP contribution >= 0.6 is 0 Å². The van der Waals surface area contributed by atoms with Gasteiger partial charge in [-0.3, -0.25) is 4.98 Å². The molecular formula is C17H17N. The van der Waals surface area contributed by atoms with Crippen molar-refractivity contribution in [1.82, 2.24) is 4.98 Å². The van der Waals surface area contributed by atoms with Crippen molar-refractivity contribution in [3.8, 4) is 11.1 Å². The highest BCUT2D eigenvalue weighted by atomic mass is 14.6. The van der Waals surface area contributed by atoms with E-state index in [0.717, 1.165) is 0 Å². The molecule has 2 rings (SSSR count). The van der Waals surface area contributed by atoms with Gasteiger partial charge in [-0.05, 0) is 54.3 Å². The monoisotopic (exact) mass is 235 g/mol. The highest BCUT2D eigenvalue weighted by Crippen LogP contribution is 2.23. The highest BCUT2D eigenvalue weighted by Gasteiger charge is 1.99. The molecule has 0 bridgehead atoms. The third kappa shape index (κ3) is 2.95. The Hall–Kier alpha value is -2.15. The first-order valence-electron chi connectivity index (χ1n) is 6.11. The number of benzene rings is 1. The van der Waals surface area contributed by atoms with Gasteiger partial charge in [0, 0.05) is 12.4 Å². The minimum Gasteiger partial charge on any atom is -0.265 e.